The van der Waals surface area contributed by atoms with Crippen molar-refractivity contribution < 1.29 is 17.9 Å². The lowest BCUT2D eigenvalue weighted by molar-refractivity contribution is 0.306. The summed E-state index contributed by atoms with van der Waals surface area (Å²) in [6.07, 6.45) is 4.50. The maximum atomic E-state index is 12.4. The van der Waals surface area contributed by atoms with Crippen molar-refractivity contribution in [3.63, 3.8) is 0 Å². The van der Waals surface area contributed by atoms with Crippen molar-refractivity contribution in [2.45, 2.75) is 13.2 Å². The van der Waals surface area contributed by atoms with Gasteiger partial charge >= 0.3 is 0 Å². The van der Waals surface area contributed by atoms with Crippen LogP contribution in [0.3, 0.4) is 0 Å². The molecule has 4 rings (SSSR count). The van der Waals surface area contributed by atoms with E-state index in [-0.39, 0.29) is 6.54 Å². The van der Waals surface area contributed by atoms with E-state index in [1.165, 1.54) is 10.6 Å². The summed E-state index contributed by atoms with van der Waals surface area (Å²) in [5.74, 6) is 2.01. The SMILES string of the molecule is CS(=O)(=O)N(Cc1cccnc1)c1ccc(Oc2ccc(OCc3ccccc3)cc2)cc1. The predicted molar refractivity (Wildman–Crippen MR) is 129 cm³/mol. The summed E-state index contributed by atoms with van der Waals surface area (Å²) in [6.45, 7) is 0.704. The van der Waals surface area contributed by atoms with E-state index in [2.05, 4.69) is 4.98 Å². The molecular weight excluding hydrogens is 436 g/mol. The summed E-state index contributed by atoms with van der Waals surface area (Å²) >= 11 is 0. The molecule has 0 spiro atoms. The lowest BCUT2D eigenvalue weighted by atomic mass is 10.2. The highest BCUT2D eigenvalue weighted by molar-refractivity contribution is 7.92. The van der Waals surface area contributed by atoms with Crippen molar-refractivity contribution in [1.82, 2.24) is 4.98 Å². The van der Waals surface area contributed by atoms with E-state index in [4.69, 9.17) is 9.47 Å². The minimum absolute atomic E-state index is 0.206. The minimum Gasteiger partial charge on any atom is -0.489 e. The third-order valence-corrected chi connectivity index (χ3v) is 6.02. The van der Waals surface area contributed by atoms with Crippen LogP contribution in [-0.4, -0.2) is 19.7 Å². The molecule has 4 aromatic rings. The Bertz CT molecular complexity index is 1260. The zero-order valence-electron chi connectivity index (χ0n) is 18.2. The Labute approximate surface area is 194 Å². The molecule has 7 heteroatoms. The van der Waals surface area contributed by atoms with Crippen LogP contribution in [0.5, 0.6) is 17.2 Å². The van der Waals surface area contributed by atoms with Gasteiger partial charge in [0.15, 0.2) is 0 Å². The van der Waals surface area contributed by atoms with Crippen LogP contribution in [0, 0.1) is 0 Å². The number of benzene rings is 3. The number of hydrogen-bond donors (Lipinski definition) is 0. The molecule has 0 amide bonds. The molecule has 0 aliphatic heterocycles. The van der Waals surface area contributed by atoms with Gasteiger partial charge in [0.05, 0.1) is 18.5 Å². The average molecular weight is 461 g/mol. The quantitative estimate of drug-likeness (QED) is 0.334. The molecule has 0 N–H and O–H groups in total. The first-order valence-corrected chi connectivity index (χ1v) is 12.2. The Morgan fingerprint density at radius 1 is 0.758 bits per heavy atom. The molecule has 1 aromatic heterocycles. The van der Waals surface area contributed by atoms with E-state index in [0.717, 1.165) is 16.9 Å². The van der Waals surface area contributed by atoms with Gasteiger partial charge in [0.1, 0.15) is 23.9 Å². The Hall–Kier alpha value is -3.84. The molecule has 33 heavy (non-hydrogen) atoms. The highest BCUT2D eigenvalue weighted by Gasteiger charge is 2.18. The number of rotatable bonds is 9. The van der Waals surface area contributed by atoms with Gasteiger partial charge in [0, 0.05) is 12.4 Å². The maximum absolute atomic E-state index is 12.4. The monoisotopic (exact) mass is 460 g/mol. The molecule has 0 radical (unpaired) electrons. The molecule has 0 unspecified atom stereocenters. The standard InChI is InChI=1S/C26H24N2O4S/c1-33(29,30)28(19-22-8-5-17-27-18-22)23-9-11-25(12-10-23)32-26-15-13-24(14-16-26)31-20-21-6-3-2-4-7-21/h2-18H,19-20H2,1H3. The first-order valence-electron chi connectivity index (χ1n) is 10.4. The van der Waals surface area contributed by atoms with Crippen molar-refractivity contribution in [2.75, 3.05) is 10.6 Å². The van der Waals surface area contributed by atoms with E-state index in [1.54, 1.807) is 42.7 Å². The van der Waals surface area contributed by atoms with Gasteiger partial charge in [-0.2, -0.15) is 0 Å². The van der Waals surface area contributed by atoms with E-state index in [0.29, 0.717) is 23.8 Å². The highest BCUT2D eigenvalue weighted by atomic mass is 32.2. The third kappa shape index (κ3) is 6.33. The average Bonchev–Trinajstić information content (AvgIpc) is 2.83. The summed E-state index contributed by atoms with van der Waals surface area (Å²) in [5, 5.41) is 0. The molecular formula is C26H24N2O4S. The molecule has 3 aromatic carbocycles. The van der Waals surface area contributed by atoms with Crippen molar-refractivity contribution in [3.05, 3.63) is 115 Å². The van der Waals surface area contributed by atoms with Crippen LogP contribution in [0.25, 0.3) is 0 Å². The Morgan fingerprint density at radius 2 is 1.36 bits per heavy atom. The molecule has 6 nitrogen and oxygen atoms in total. The topological polar surface area (TPSA) is 68.7 Å². The van der Waals surface area contributed by atoms with Crippen LogP contribution in [0.4, 0.5) is 5.69 Å². The Kier molecular flexibility index (Phi) is 6.90. The molecule has 0 bridgehead atoms. The van der Waals surface area contributed by atoms with Gasteiger partial charge in [-0.25, -0.2) is 8.42 Å². The molecule has 0 fully saturated rings. The molecule has 168 valence electrons. The van der Waals surface area contributed by atoms with Crippen molar-refractivity contribution >= 4 is 15.7 Å². The first kappa shape index (κ1) is 22.4. The second kappa shape index (κ2) is 10.2. The van der Waals surface area contributed by atoms with Gasteiger partial charge in [-0.05, 0) is 65.7 Å². The smallest absolute Gasteiger partial charge is 0.232 e. The fourth-order valence-corrected chi connectivity index (χ4v) is 4.11. The molecule has 0 aliphatic carbocycles. The normalized spacial score (nSPS) is 11.1. The molecule has 1 heterocycles. The summed E-state index contributed by atoms with van der Waals surface area (Å²) in [5.41, 5.74) is 2.46. The number of pyridine rings is 1. The fraction of sp³-hybridized carbons (Fsp3) is 0.115. The fourth-order valence-electron chi connectivity index (χ4n) is 3.22. The number of nitrogens with zero attached hydrogens (tertiary/aromatic N) is 2. The lowest BCUT2D eigenvalue weighted by Gasteiger charge is -2.22. The Morgan fingerprint density at radius 3 is 1.97 bits per heavy atom. The number of ether oxygens (including phenoxy) is 2. The number of aromatic nitrogens is 1. The van der Waals surface area contributed by atoms with Crippen molar-refractivity contribution in [2.24, 2.45) is 0 Å². The lowest BCUT2D eigenvalue weighted by Crippen LogP contribution is -2.29. The predicted octanol–water partition coefficient (Wildman–Crippen LogP) is 5.42. The van der Waals surface area contributed by atoms with Gasteiger partial charge < -0.3 is 9.47 Å². The number of hydrogen-bond acceptors (Lipinski definition) is 5. The number of anilines is 1. The van der Waals surface area contributed by atoms with Crippen LogP contribution < -0.4 is 13.8 Å². The summed E-state index contributed by atoms with van der Waals surface area (Å²) in [6, 6.07) is 27.9. The Balaban J connectivity index is 1.40. The zero-order chi connectivity index (χ0) is 23.1. The van der Waals surface area contributed by atoms with Crippen molar-refractivity contribution in [3.8, 4) is 17.2 Å². The van der Waals surface area contributed by atoms with Crippen LogP contribution >= 0.6 is 0 Å². The van der Waals surface area contributed by atoms with Crippen LogP contribution in [-0.2, 0) is 23.2 Å². The highest BCUT2D eigenvalue weighted by Crippen LogP contribution is 2.28. The maximum Gasteiger partial charge on any atom is 0.232 e. The second-order valence-electron chi connectivity index (χ2n) is 7.47. The van der Waals surface area contributed by atoms with Gasteiger partial charge in [0.25, 0.3) is 0 Å². The van der Waals surface area contributed by atoms with Crippen LogP contribution in [0.2, 0.25) is 0 Å². The molecule has 0 saturated carbocycles. The van der Waals surface area contributed by atoms with Gasteiger partial charge in [-0.1, -0.05) is 36.4 Å². The van der Waals surface area contributed by atoms with Crippen LogP contribution in [0.1, 0.15) is 11.1 Å². The largest absolute Gasteiger partial charge is 0.489 e. The van der Waals surface area contributed by atoms with Crippen molar-refractivity contribution in [1.29, 1.82) is 0 Å². The third-order valence-electron chi connectivity index (χ3n) is 4.88. The molecule has 0 aliphatic rings. The second-order valence-corrected chi connectivity index (χ2v) is 9.38. The minimum atomic E-state index is -3.47. The molecule has 0 atom stereocenters. The summed E-state index contributed by atoms with van der Waals surface area (Å²) in [4.78, 5) is 4.06. The van der Waals surface area contributed by atoms with Crippen LogP contribution in [0.15, 0.2) is 103 Å². The molecule has 0 saturated heterocycles. The van der Waals surface area contributed by atoms with Gasteiger partial charge in [-0.3, -0.25) is 9.29 Å². The van der Waals surface area contributed by atoms with E-state index < -0.39 is 10.0 Å². The van der Waals surface area contributed by atoms with E-state index in [9.17, 15) is 8.42 Å². The number of sulfonamides is 1. The van der Waals surface area contributed by atoms with E-state index in [1.807, 2.05) is 60.7 Å². The van der Waals surface area contributed by atoms with Gasteiger partial charge in [0.2, 0.25) is 10.0 Å². The van der Waals surface area contributed by atoms with E-state index >= 15 is 0 Å². The van der Waals surface area contributed by atoms with Gasteiger partial charge in [-0.15, -0.1) is 0 Å². The first-order chi connectivity index (χ1) is 16.0. The summed E-state index contributed by atoms with van der Waals surface area (Å²) in [7, 11) is -3.47. The summed E-state index contributed by atoms with van der Waals surface area (Å²) < 4.78 is 37.7. The zero-order valence-corrected chi connectivity index (χ0v) is 19.0.